The zero-order valence-corrected chi connectivity index (χ0v) is 8.38. The molecule has 0 bridgehead atoms. The molecule has 0 aromatic rings. The second kappa shape index (κ2) is 10.4. The van der Waals surface area contributed by atoms with Crippen LogP contribution >= 0.6 is 0 Å². The van der Waals surface area contributed by atoms with Crippen molar-refractivity contribution >= 4 is 50.8 Å². The second-order valence-corrected chi connectivity index (χ2v) is 1.45. The Balaban J connectivity index is -0.0000000383. The number of hydrogen-bond donors (Lipinski definition) is 0. The van der Waals surface area contributed by atoms with Crippen LogP contribution in [0.4, 0.5) is 0 Å². The van der Waals surface area contributed by atoms with Gasteiger partial charge < -0.3 is 24.4 Å². The molecule has 0 unspecified atom stereocenters. The fourth-order valence-electron chi connectivity index (χ4n) is 0. The molecule has 11 heteroatoms. The minimum atomic E-state index is -5.17. The van der Waals surface area contributed by atoms with Crippen LogP contribution in [-0.4, -0.2) is 63.0 Å². The molecule has 0 N–H and O–H groups in total. The van der Waals surface area contributed by atoms with E-state index in [4.69, 9.17) is 32.8 Å². The molecule has 0 aliphatic carbocycles. The minimum absolute atomic E-state index is 0. The zero-order chi connectivity index (χ0) is 8.08. The molecule has 0 aliphatic rings. The van der Waals surface area contributed by atoms with Gasteiger partial charge in [0.15, 0.2) is 0 Å². The van der Waals surface area contributed by atoms with E-state index >= 15 is 0 Å². The van der Waals surface area contributed by atoms with Crippen molar-refractivity contribution in [3.8, 4) is 0 Å². The average Bonchev–Trinajstić information content (AvgIpc) is 1.19. The van der Waals surface area contributed by atoms with Crippen molar-refractivity contribution in [3.63, 3.8) is 0 Å². The first-order valence-corrected chi connectivity index (χ1v) is 2.55. The fraction of sp³-hybridized carbons (Fsp3) is 0. The Hall–Kier alpha value is 0.369. The number of rotatable bonds is 0. The Bertz CT molecular complexity index is 161. The third-order valence-electron chi connectivity index (χ3n) is 0. The summed E-state index contributed by atoms with van der Waals surface area (Å²) in [6.45, 7) is 0. The van der Waals surface area contributed by atoms with Gasteiger partial charge in [0.2, 0.25) is 0 Å². The quantitative estimate of drug-likeness (QED) is 0.143. The summed E-state index contributed by atoms with van der Waals surface area (Å²) >= 11 is 0. The summed E-state index contributed by atoms with van der Waals surface area (Å²) in [5.41, 5.74) is 0. The first kappa shape index (κ1) is 22.5. The average molecular weight is 209 g/mol. The monoisotopic (exact) mass is 209 g/mol. The standard InChI is InChI=1S/Al.Mg.NO3.H2O4S/c;;2-1(3)4;1-5(2,3)4/h;;;(H2,1,2,3,4)/q+3;+2;-1;/p-2. The van der Waals surface area contributed by atoms with Crippen LogP contribution in [0.2, 0.25) is 0 Å². The van der Waals surface area contributed by atoms with E-state index in [0.717, 1.165) is 0 Å². The topological polar surface area (TPSA) is 146 Å². The molecule has 0 radical (unpaired) electrons. The molecule has 0 rings (SSSR count). The maximum atomic E-state index is 8.52. The Labute approximate surface area is 88.6 Å². The van der Waals surface area contributed by atoms with Gasteiger partial charge in [-0.15, -0.1) is 0 Å². The fourth-order valence-corrected chi connectivity index (χ4v) is 0. The molecule has 11 heavy (non-hydrogen) atoms. The van der Waals surface area contributed by atoms with Gasteiger partial charge in [-0.05, 0) is 0 Å². The first-order chi connectivity index (χ1) is 3.73. The van der Waals surface area contributed by atoms with E-state index in [1.54, 1.807) is 0 Å². The van der Waals surface area contributed by atoms with Crippen molar-refractivity contribution in [1.82, 2.24) is 0 Å². The van der Waals surface area contributed by atoms with Gasteiger partial charge in [-0.1, -0.05) is 0 Å². The van der Waals surface area contributed by atoms with Crippen LogP contribution in [-0.2, 0) is 10.4 Å². The molecule has 0 saturated heterocycles. The molecule has 0 saturated carbocycles. The maximum Gasteiger partial charge on any atom is 3.00 e. The van der Waals surface area contributed by atoms with Gasteiger partial charge in [0.25, 0.3) is 0 Å². The first-order valence-electron chi connectivity index (χ1n) is 1.21. The molecule has 0 aromatic heterocycles. The van der Waals surface area contributed by atoms with Crippen molar-refractivity contribution < 1.29 is 22.6 Å². The van der Waals surface area contributed by atoms with E-state index in [1.807, 2.05) is 0 Å². The van der Waals surface area contributed by atoms with E-state index in [2.05, 4.69) is 0 Å². The van der Waals surface area contributed by atoms with Gasteiger partial charge in [-0.25, -0.2) is 0 Å². The van der Waals surface area contributed by atoms with E-state index in [0.29, 0.717) is 0 Å². The minimum Gasteiger partial charge on any atom is -0.759 e. The molecule has 0 aliphatic heterocycles. The molecule has 0 heterocycles. The molecule has 0 amide bonds. The van der Waals surface area contributed by atoms with Crippen molar-refractivity contribution in [2.75, 3.05) is 0 Å². The molecule has 0 spiro atoms. The van der Waals surface area contributed by atoms with Crippen molar-refractivity contribution in [3.05, 3.63) is 15.3 Å². The molecule has 56 valence electrons. The maximum absolute atomic E-state index is 8.52. The van der Waals surface area contributed by atoms with Crippen LogP contribution in [0.15, 0.2) is 0 Å². The number of nitrogens with zero attached hydrogens (tertiary/aromatic N) is 1. The van der Waals surface area contributed by atoms with Crippen LogP contribution in [0.5, 0.6) is 0 Å². The largest absolute Gasteiger partial charge is 3.00 e. The zero-order valence-electron chi connectivity index (χ0n) is 5.00. The van der Waals surface area contributed by atoms with Gasteiger partial charge in [-0.2, -0.15) is 0 Å². The molecule has 8 nitrogen and oxygen atoms in total. The van der Waals surface area contributed by atoms with E-state index in [1.165, 1.54) is 0 Å². The Morgan fingerprint density at radius 2 is 1.09 bits per heavy atom. The van der Waals surface area contributed by atoms with Gasteiger partial charge >= 0.3 is 40.4 Å². The summed E-state index contributed by atoms with van der Waals surface area (Å²) in [5, 5.41) is 14.8. The van der Waals surface area contributed by atoms with Crippen LogP contribution < -0.4 is 0 Å². The molecule has 0 aromatic carbocycles. The normalized spacial score (nSPS) is 7.45. The summed E-state index contributed by atoms with van der Waals surface area (Å²) in [6.07, 6.45) is 0. The third kappa shape index (κ3) is 5340. The third-order valence-corrected chi connectivity index (χ3v) is 0. The second-order valence-electron chi connectivity index (χ2n) is 0.632. The van der Waals surface area contributed by atoms with Crippen LogP contribution in [0.3, 0.4) is 0 Å². The Morgan fingerprint density at radius 1 is 1.09 bits per heavy atom. The SMILES string of the molecule is O=S(=O)([O-])[O-].O=[N+]([O-])[O-].[Al+3].[Mg+2]. The molecular formula is AlMgNO7S+2. The van der Waals surface area contributed by atoms with Crippen molar-refractivity contribution in [1.29, 1.82) is 0 Å². The Kier molecular flexibility index (Phi) is 21.2. The summed E-state index contributed by atoms with van der Waals surface area (Å²) in [5.74, 6) is 0. The molecular weight excluding hydrogens is 209 g/mol. The summed E-state index contributed by atoms with van der Waals surface area (Å²) in [6, 6.07) is 0. The van der Waals surface area contributed by atoms with Crippen LogP contribution in [0, 0.1) is 15.3 Å². The van der Waals surface area contributed by atoms with Gasteiger partial charge in [0, 0.05) is 10.4 Å². The predicted molar refractivity (Wildman–Crippen MR) is 32.3 cm³/mol. The van der Waals surface area contributed by atoms with E-state index in [9.17, 15) is 0 Å². The number of hydrogen-bond acceptors (Lipinski definition) is 7. The van der Waals surface area contributed by atoms with Crippen molar-refractivity contribution in [2.45, 2.75) is 0 Å². The van der Waals surface area contributed by atoms with Gasteiger partial charge in [0.1, 0.15) is 0 Å². The Morgan fingerprint density at radius 3 is 1.09 bits per heavy atom. The summed E-state index contributed by atoms with van der Waals surface area (Å²) in [7, 11) is -5.17. The van der Waals surface area contributed by atoms with E-state index < -0.39 is 15.5 Å². The predicted octanol–water partition coefficient (Wildman–Crippen LogP) is -2.34. The van der Waals surface area contributed by atoms with Crippen LogP contribution in [0.1, 0.15) is 0 Å². The van der Waals surface area contributed by atoms with Gasteiger partial charge in [0.05, 0.1) is 5.09 Å². The van der Waals surface area contributed by atoms with Crippen molar-refractivity contribution in [2.24, 2.45) is 0 Å². The van der Waals surface area contributed by atoms with Crippen LogP contribution in [0.25, 0.3) is 0 Å². The summed E-state index contributed by atoms with van der Waals surface area (Å²) < 4.78 is 34.1. The summed E-state index contributed by atoms with van der Waals surface area (Å²) in [4.78, 5) is 8.25. The molecule has 0 fully saturated rings. The van der Waals surface area contributed by atoms with E-state index in [-0.39, 0.29) is 40.4 Å². The smallest absolute Gasteiger partial charge is 0.759 e. The van der Waals surface area contributed by atoms with Gasteiger partial charge in [-0.3, -0.25) is 8.42 Å². The molecule has 0 atom stereocenters.